The van der Waals surface area contributed by atoms with E-state index in [2.05, 4.69) is 16.8 Å². The quantitative estimate of drug-likeness (QED) is 0.410. The van der Waals surface area contributed by atoms with E-state index < -0.39 is 5.97 Å². The summed E-state index contributed by atoms with van der Waals surface area (Å²) in [5, 5.41) is 21.4. The lowest BCUT2D eigenvalue weighted by Gasteiger charge is -2.25. The van der Waals surface area contributed by atoms with Gasteiger partial charge >= 0.3 is 5.97 Å². The zero-order chi connectivity index (χ0) is 14.1. The Kier molecular flexibility index (Phi) is 7.48. The number of carboxylic acid groups (broad SMARTS) is 1. The average molecular weight is 271 g/mol. The normalized spacial score (nSPS) is 17.7. The van der Waals surface area contributed by atoms with Gasteiger partial charge in [-0.05, 0) is 19.3 Å². The lowest BCUT2D eigenvalue weighted by atomic mass is 9.88. The summed E-state index contributed by atoms with van der Waals surface area (Å²) in [6.45, 7) is 4.08. The largest absolute Gasteiger partial charge is 0.481 e. The van der Waals surface area contributed by atoms with Gasteiger partial charge in [0.1, 0.15) is 13.1 Å². The topological polar surface area (TPSA) is 72.6 Å². The molecule has 0 aromatic heterocycles. The van der Waals surface area contributed by atoms with E-state index in [1.54, 1.807) is 0 Å². The van der Waals surface area contributed by atoms with Crippen molar-refractivity contribution in [1.82, 2.24) is 5.32 Å². The van der Waals surface area contributed by atoms with E-state index >= 15 is 0 Å². The Balaban J connectivity index is 2.68. The van der Waals surface area contributed by atoms with Crippen molar-refractivity contribution >= 4 is 12.3 Å². The Morgan fingerprint density at radius 3 is 2.74 bits per heavy atom. The zero-order valence-corrected chi connectivity index (χ0v) is 11.8. The predicted molar refractivity (Wildman–Crippen MR) is 74.6 cm³/mol. The first-order valence-electron chi connectivity index (χ1n) is 7.34. The van der Waals surface area contributed by atoms with Gasteiger partial charge in [0.15, 0.2) is 0 Å². The van der Waals surface area contributed by atoms with Crippen molar-refractivity contribution in [1.29, 1.82) is 0 Å². The molecule has 1 aliphatic rings. The summed E-state index contributed by atoms with van der Waals surface area (Å²) >= 11 is 0. The van der Waals surface area contributed by atoms with Crippen LogP contribution in [0.4, 0.5) is 0 Å². The lowest BCUT2D eigenvalue weighted by Crippen LogP contribution is -2.35. The molecule has 0 amide bonds. The number of hydrogen-bond donors (Lipinski definition) is 3. The van der Waals surface area contributed by atoms with Crippen LogP contribution < -0.4 is 5.32 Å². The molecule has 0 spiro atoms. The fourth-order valence-corrected chi connectivity index (χ4v) is 2.80. The van der Waals surface area contributed by atoms with Crippen LogP contribution in [0.2, 0.25) is 0 Å². The summed E-state index contributed by atoms with van der Waals surface area (Å²) in [7, 11) is 0. The molecular formula is C14H27N2O3+. The zero-order valence-electron chi connectivity index (χ0n) is 11.8. The summed E-state index contributed by atoms with van der Waals surface area (Å²) in [5.41, 5.74) is 0. The molecule has 0 saturated heterocycles. The molecule has 0 radical (unpaired) electrons. The maximum atomic E-state index is 11.0. The molecule has 0 aromatic rings. The monoisotopic (exact) mass is 271 g/mol. The van der Waals surface area contributed by atoms with Crippen LogP contribution in [0.5, 0.6) is 0 Å². The first-order chi connectivity index (χ1) is 9.19. The molecular weight excluding hydrogens is 244 g/mol. The van der Waals surface area contributed by atoms with E-state index in [0.717, 1.165) is 32.4 Å². The van der Waals surface area contributed by atoms with Crippen molar-refractivity contribution in [2.75, 3.05) is 19.7 Å². The first-order valence-corrected chi connectivity index (χ1v) is 7.34. The van der Waals surface area contributed by atoms with Crippen molar-refractivity contribution < 1.29 is 19.6 Å². The highest BCUT2D eigenvalue weighted by molar-refractivity contribution is 5.67. The summed E-state index contributed by atoms with van der Waals surface area (Å²) in [5.74, 6) is -0.749. The van der Waals surface area contributed by atoms with E-state index in [1.165, 1.54) is 6.42 Å². The summed E-state index contributed by atoms with van der Waals surface area (Å²) < 4.78 is 2.22. The summed E-state index contributed by atoms with van der Waals surface area (Å²) in [4.78, 5) is 11.0. The number of aliphatic hydroxyl groups is 1. The van der Waals surface area contributed by atoms with Crippen molar-refractivity contribution in [3.05, 3.63) is 0 Å². The average Bonchev–Trinajstić information content (AvgIpc) is 2.87. The van der Waals surface area contributed by atoms with Crippen LogP contribution in [-0.4, -0.2) is 52.8 Å². The molecule has 19 heavy (non-hydrogen) atoms. The molecule has 0 saturated carbocycles. The minimum atomic E-state index is -0.772. The van der Waals surface area contributed by atoms with E-state index in [0.29, 0.717) is 6.42 Å². The predicted octanol–water partition coefficient (Wildman–Crippen LogP) is 1.05. The molecule has 5 heteroatoms. The Bertz CT molecular complexity index is 305. The number of carboxylic acids is 1. The number of carbonyl (C=O) groups is 1. The number of rotatable bonds is 10. The Morgan fingerprint density at radius 2 is 2.21 bits per heavy atom. The number of hydrogen-bond acceptors (Lipinski definition) is 3. The van der Waals surface area contributed by atoms with Gasteiger partial charge in [0.25, 0.3) is 0 Å². The highest BCUT2D eigenvalue weighted by atomic mass is 16.4. The Hall–Kier alpha value is -1.10. The third-order valence-electron chi connectivity index (χ3n) is 3.78. The van der Waals surface area contributed by atoms with Gasteiger partial charge in [-0.1, -0.05) is 19.8 Å². The van der Waals surface area contributed by atoms with E-state index in [1.807, 2.05) is 6.34 Å². The van der Waals surface area contributed by atoms with Gasteiger partial charge in [0.05, 0.1) is 12.5 Å². The second kappa shape index (κ2) is 8.91. The van der Waals surface area contributed by atoms with Crippen LogP contribution >= 0.6 is 0 Å². The van der Waals surface area contributed by atoms with E-state index in [-0.39, 0.29) is 25.0 Å². The highest BCUT2D eigenvalue weighted by Crippen LogP contribution is 2.22. The molecule has 3 N–H and O–H groups in total. The van der Waals surface area contributed by atoms with Gasteiger partial charge in [0, 0.05) is 12.5 Å². The number of nitrogens with one attached hydrogen (secondary N) is 1. The molecule has 0 aliphatic carbocycles. The van der Waals surface area contributed by atoms with Gasteiger partial charge in [-0.25, -0.2) is 0 Å². The van der Waals surface area contributed by atoms with Gasteiger partial charge < -0.3 is 10.2 Å². The first kappa shape index (κ1) is 16.0. The number of aliphatic hydroxyl groups excluding tert-OH is 1. The molecule has 5 nitrogen and oxygen atoms in total. The Labute approximate surface area is 115 Å². The third-order valence-corrected chi connectivity index (χ3v) is 3.78. The van der Waals surface area contributed by atoms with Crippen LogP contribution in [0.15, 0.2) is 0 Å². The molecule has 2 atom stereocenters. The number of unbranched alkanes of at least 4 members (excludes halogenated alkanes) is 2. The molecule has 1 aliphatic heterocycles. The van der Waals surface area contributed by atoms with Gasteiger partial charge in [0.2, 0.25) is 6.34 Å². The molecule has 0 fully saturated rings. The molecule has 0 unspecified atom stereocenters. The number of aliphatic carboxylic acids is 1. The number of nitrogens with zero attached hydrogens (tertiary/aromatic N) is 1. The molecule has 0 bridgehead atoms. The van der Waals surface area contributed by atoms with Crippen molar-refractivity contribution in [3.63, 3.8) is 0 Å². The SMILES string of the molecule is CCCCC[C@H]([C@@H](CCO)CC(=O)O)[N+]1=CNCC1. The molecule has 0 aromatic carbocycles. The molecule has 1 heterocycles. The summed E-state index contributed by atoms with van der Waals surface area (Å²) in [6.07, 6.45) is 7.14. The van der Waals surface area contributed by atoms with Crippen molar-refractivity contribution in [3.8, 4) is 0 Å². The fourth-order valence-electron chi connectivity index (χ4n) is 2.80. The second-order valence-corrected chi connectivity index (χ2v) is 5.25. The third kappa shape index (κ3) is 5.59. The van der Waals surface area contributed by atoms with Gasteiger partial charge in [-0.15, -0.1) is 0 Å². The van der Waals surface area contributed by atoms with Crippen LogP contribution in [0.25, 0.3) is 0 Å². The van der Waals surface area contributed by atoms with Crippen LogP contribution in [-0.2, 0) is 4.79 Å². The van der Waals surface area contributed by atoms with Crippen LogP contribution in [0.1, 0.15) is 45.4 Å². The highest BCUT2D eigenvalue weighted by Gasteiger charge is 2.30. The van der Waals surface area contributed by atoms with Crippen molar-refractivity contribution in [2.24, 2.45) is 5.92 Å². The fraction of sp³-hybridized carbons (Fsp3) is 0.857. The standard InChI is InChI=1S/C14H26N2O3/c1-2-3-4-5-13(16-8-7-15-11-16)12(6-9-17)10-14(18)19/h11-13,17H,2-10H2,1H3,(H,18,19)/p+1/t12-,13+/m0/s1. The minimum absolute atomic E-state index is 0.0236. The molecule has 1 rings (SSSR count). The van der Waals surface area contributed by atoms with Crippen LogP contribution in [0, 0.1) is 5.92 Å². The molecule has 110 valence electrons. The summed E-state index contributed by atoms with van der Waals surface area (Å²) in [6, 6.07) is 0.227. The maximum Gasteiger partial charge on any atom is 0.303 e. The smallest absolute Gasteiger partial charge is 0.303 e. The van der Waals surface area contributed by atoms with Gasteiger partial charge in [-0.3, -0.25) is 14.7 Å². The minimum Gasteiger partial charge on any atom is -0.481 e. The lowest BCUT2D eigenvalue weighted by molar-refractivity contribution is -0.563. The van der Waals surface area contributed by atoms with Crippen LogP contribution in [0.3, 0.4) is 0 Å². The van der Waals surface area contributed by atoms with E-state index in [4.69, 9.17) is 5.11 Å². The maximum absolute atomic E-state index is 11.0. The second-order valence-electron chi connectivity index (χ2n) is 5.25. The van der Waals surface area contributed by atoms with Crippen molar-refractivity contribution in [2.45, 2.75) is 51.5 Å². The van der Waals surface area contributed by atoms with E-state index in [9.17, 15) is 9.90 Å². The Morgan fingerprint density at radius 1 is 1.42 bits per heavy atom. The van der Waals surface area contributed by atoms with Gasteiger partial charge in [-0.2, -0.15) is 0 Å².